The maximum atomic E-state index is 11.8. The summed E-state index contributed by atoms with van der Waals surface area (Å²) in [6.45, 7) is -0.0993. The quantitative estimate of drug-likeness (QED) is 0.0165. The Balaban J connectivity index is 0. The zero-order valence-electron chi connectivity index (χ0n) is 35.0. The first-order chi connectivity index (χ1) is 28.8. The summed E-state index contributed by atoms with van der Waals surface area (Å²) >= 11 is 0. The first-order valence-corrected chi connectivity index (χ1v) is 21.0. The third-order valence-corrected chi connectivity index (χ3v) is 8.33. The van der Waals surface area contributed by atoms with Gasteiger partial charge in [0.15, 0.2) is 0 Å². The van der Waals surface area contributed by atoms with Gasteiger partial charge < -0.3 is 19.3 Å². The van der Waals surface area contributed by atoms with Crippen LogP contribution in [0.4, 0.5) is 39.5 Å². The number of carbonyl (C=O) groups is 4. The molecule has 0 radical (unpaired) electrons. The van der Waals surface area contributed by atoms with Crippen LogP contribution in [0.15, 0.2) is 24.3 Å². The highest BCUT2D eigenvalue weighted by molar-refractivity contribution is 6.04. The Morgan fingerprint density at radius 2 is 0.656 bits per heavy atom. The van der Waals surface area contributed by atoms with E-state index in [0.29, 0.717) is 44.9 Å². The van der Waals surface area contributed by atoms with Gasteiger partial charge in [-0.25, -0.2) is 19.2 Å². The van der Waals surface area contributed by atoms with E-state index in [2.05, 4.69) is 18.9 Å². The molecule has 1 aliphatic rings. The standard InChI is InChI=1S/C26H42F6O6.C11H21F3O2.C4H2O3/c27-25(28,29)37-21-15-11-7-3-1-5-9-13-19-35-23(33)17-18-24(34)36-20-14-10-6-2-4-8-12-16-22-38-26(30,31)32;12-11(13,14)16-10-8-6-4-2-1-3-5-7-9-15;5-3-1-2-4(6)7-3/h17-18H,1-16,19-22H2;15H,1-10H2;1-2H/b18-17-;;. The van der Waals surface area contributed by atoms with E-state index in [9.17, 15) is 58.7 Å². The average molecular weight is 905 g/mol. The largest absolute Gasteiger partial charge is 0.522 e. The van der Waals surface area contributed by atoms with Crippen LogP contribution < -0.4 is 0 Å². The fourth-order valence-electron chi connectivity index (χ4n) is 5.25. The van der Waals surface area contributed by atoms with E-state index in [1.807, 2.05) is 0 Å². The van der Waals surface area contributed by atoms with E-state index < -0.39 is 43.0 Å². The fourth-order valence-corrected chi connectivity index (χ4v) is 5.25. The van der Waals surface area contributed by atoms with Crippen LogP contribution >= 0.6 is 0 Å². The molecule has 0 aromatic heterocycles. The van der Waals surface area contributed by atoms with Crippen molar-refractivity contribution in [1.29, 1.82) is 0 Å². The van der Waals surface area contributed by atoms with Crippen molar-refractivity contribution in [2.75, 3.05) is 39.6 Å². The van der Waals surface area contributed by atoms with Gasteiger partial charge in [-0.2, -0.15) is 0 Å². The van der Waals surface area contributed by atoms with Gasteiger partial charge in [-0.15, -0.1) is 39.5 Å². The lowest BCUT2D eigenvalue weighted by atomic mass is 10.1. The van der Waals surface area contributed by atoms with Crippen LogP contribution in [0.1, 0.15) is 154 Å². The summed E-state index contributed by atoms with van der Waals surface area (Å²) in [6, 6.07) is 0. The number of halogens is 9. The fraction of sp³-hybridized carbons (Fsp3) is 0.805. The van der Waals surface area contributed by atoms with Gasteiger partial charge in [0, 0.05) is 30.9 Å². The molecule has 0 aliphatic carbocycles. The first-order valence-electron chi connectivity index (χ1n) is 21.0. The van der Waals surface area contributed by atoms with E-state index in [1.165, 1.54) is 0 Å². The second-order valence-corrected chi connectivity index (χ2v) is 13.8. The van der Waals surface area contributed by atoms with Crippen LogP contribution in [-0.4, -0.2) is 87.7 Å². The van der Waals surface area contributed by atoms with E-state index in [4.69, 9.17) is 14.6 Å². The summed E-state index contributed by atoms with van der Waals surface area (Å²) in [5.41, 5.74) is 0. The number of hydrogen-bond acceptors (Lipinski definition) is 11. The first kappa shape index (κ1) is 59.9. The Bertz CT molecular complexity index is 1090. The summed E-state index contributed by atoms with van der Waals surface area (Å²) in [5.74, 6) is -2.39. The average Bonchev–Trinajstić information content (AvgIpc) is 3.56. The number of ether oxygens (including phenoxy) is 6. The lowest BCUT2D eigenvalue weighted by Crippen LogP contribution is -2.13. The predicted molar refractivity (Wildman–Crippen MR) is 205 cm³/mol. The topological polar surface area (TPSA) is 144 Å². The minimum Gasteiger partial charge on any atom is -0.463 e. The highest BCUT2D eigenvalue weighted by Crippen LogP contribution is 2.19. The molecule has 1 N–H and O–H groups in total. The molecule has 1 heterocycles. The second-order valence-electron chi connectivity index (χ2n) is 13.8. The number of carbonyl (C=O) groups excluding carboxylic acids is 4. The maximum absolute atomic E-state index is 11.8. The van der Waals surface area contributed by atoms with Crippen molar-refractivity contribution in [3.8, 4) is 0 Å². The monoisotopic (exact) mass is 904 g/mol. The molecule has 11 nitrogen and oxygen atoms in total. The summed E-state index contributed by atoms with van der Waals surface area (Å²) < 4.78 is 131. The van der Waals surface area contributed by atoms with E-state index >= 15 is 0 Å². The second kappa shape index (κ2) is 39.6. The summed E-state index contributed by atoms with van der Waals surface area (Å²) in [5, 5.41) is 8.53. The summed E-state index contributed by atoms with van der Waals surface area (Å²) in [6.07, 6.45) is 10.7. The molecule has 0 fully saturated rings. The summed E-state index contributed by atoms with van der Waals surface area (Å²) in [4.78, 5) is 43.1. The lowest BCUT2D eigenvalue weighted by molar-refractivity contribution is -0.325. The normalized spacial score (nSPS) is 12.8. The molecule has 0 aromatic carbocycles. The Labute approximate surface area is 353 Å². The van der Waals surface area contributed by atoms with Gasteiger partial charge in [0.2, 0.25) is 0 Å². The van der Waals surface area contributed by atoms with Gasteiger partial charge in [0.05, 0.1) is 33.0 Å². The molecule has 61 heavy (non-hydrogen) atoms. The third-order valence-electron chi connectivity index (χ3n) is 8.33. The lowest BCUT2D eigenvalue weighted by Gasteiger charge is -2.07. The Morgan fingerprint density at radius 3 is 0.869 bits per heavy atom. The number of esters is 4. The highest BCUT2D eigenvalue weighted by atomic mass is 19.4. The van der Waals surface area contributed by atoms with Gasteiger partial charge in [-0.05, 0) is 38.5 Å². The minimum atomic E-state index is -4.56. The van der Waals surface area contributed by atoms with Gasteiger partial charge in [-0.3, -0.25) is 14.2 Å². The number of cyclic esters (lactones) is 2. The number of aliphatic hydroxyl groups excluding tert-OH is 1. The maximum Gasteiger partial charge on any atom is 0.522 e. The molecule has 0 aromatic rings. The number of aliphatic hydroxyl groups is 1. The van der Waals surface area contributed by atoms with E-state index in [0.717, 1.165) is 133 Å². The molecule has 0 unspecified atom stereocenters. The Kier molecular flexibility index (Phi) is 38.9. The molecule has 0 amide bonds. The molecular weight excluding hydrogens is 839 g/mol. The molecule has 358 valence electrons. The van der Waals surface area contributed by atoms with Crippen LogP contribution in [0.3, 0.4) is 0 Å². The van der Waals surface area contributed by atoms with E-state index in [1.54, 1.807) is 0 Å². The molecule has 1 aliphatic heterocycles. The molecule has 0 saturated carbocycles. The molecule has 1 rings (SSSR count). The molecule has 0 bridgehead atoms. The zero-order valence-corrected chi connectivity index (χ0v) is 35.0. The third kappa shape index (κ3) is 54.8. The van der Waals surface area contributed by atoms with Gasteiger partial charge in [0.1, 0.15) is 0 Å². The molecule has 0 saturated heterocycles. The van der Waals surface area contributed by atoms with Crippen LogP contribution in [0.5, 0.6) is 0 Å². The Hall–Kier alpha value is -3.23. The SMILES string of the molecule is O=C(/C=C\C(=O)OCCCCCCCCCCOC(F)(F)F)OCCCCCCCCCCOC(F)(F)F.O=C1C=CC(=O)O1.OCCCCCCCCCCOC(F)(F)F. The zero-order chi connectivity index (χ0) is 46.1. The molecular formula is C41H65F9O11. The van der Waals surface area contributed by atoms with Crippen molar-refractivity contribution in [2.45, 2.75) is 173 Å². The van der Waals surface area contributed by atoms with Crippen LogP contribution in [0.2, 0.25) is 0 Å². The number of hydrogen-bond donors (Lipinski definition) is 1. The minimum absolute atomic E-state index is 0.228. The van der Waals surface area contributed by atoms with Crippen LogP contribution in [0.25, 0.3) is 0 Å². The van der Waals surface area contributed by atoms with Gasteiger partial charge >= 0.3 is 43.0 Å². The van der Waals surface area contributed by atoms with Gasteiger partial charge in [-0.1, -0.05) is 116 Å². The van der Waals surface area contributed by atoms with Crippen molar-refractivity contribution < 1.29 is 92.2 Å². The predicted octanol–water partition coefficient (Wildman–Crippen LogP) is 11.2. The van der Waals surface area contributed by atoms with Gasteiger partial charge in [0.25, 0.3) is 0 Å². The number of alkyl halides is 9. The van der Waals surface area contributed by atoms with Crippen molar-refractivity contribution in [3.05, 3.63) is 24.3 Å². The number of rotatable bonds is 34. The molecule has 0 atom stereocenters. The van der Waals surface area contributed by atoms with Crippen molar-refractivity contribution in [2.24, 2.45) is 0 Å². The number of unbranched alkanes of at least 4 members (excludes halogenated alkanes) is 21. The molecule has 0 spiro atoms. The van der Waals surface area contributed by atoms with Crippen molar-refractivity contribution in [1.82, 2.24) is 0 Å². The highest BCUT2D eigenvalue weighted by Gasteiger charge is 2.29. The smallest absolute Gasteiger partial charge is 0.463 e. The van der Waals surface area contributed by atoms with E-state index in [-0.39, 0.29) is 39.6 Å². The van der Waals surface area contributed by atoms with Crippen molar-refractivity contribution in [3.63, 3.8) is 0 Å². The summed E-state index contributed by atoms with van der Waals surface area (Å²) in [7, 11) is 0. The van der Waals surface area contributed by atoms with Crippen LogP contribution in [-0.2, 0) is 47.6 Å². The van der Waals surface area contributed by atoms with Crippen LogP contribution in [0, 0.1) is 0 Å². The molecule has 20 heteroatoms. The van der Waals surface area contributed by atoms with Crippen molar-refractivity contribution >= 4 is 23.9 Å². The Morgan fingerprint density at radius 1 is 0.426 bits per heavy atom.